The van der Waals surface area contributed by atoms with Gasteiger partial charge in [0.2, 0.25) is 0 Å². The quantitative estimate of drug-likeness (QED) is 0.540. The fourth-order valence-electron chi connectivity index (χ4n) is 3.79. The van der Waals surface area contributed by atoms with E-state index in [4.69, 9.17) is 4.98 Å². The molecule has 4 heterocycles. The molecule has 1 aliphatic heterocycles. The number of nitrogens with zero attached hydrogens (tertiary/aromatic N) is 4. The molecule has 1 fully saturated rings. The van der Waals surface area contributed by atoms with Gasteiger partial charge in [-0.3, -0.25) is 9.78 Å². The van der Waals surface area contributed by atoms with Crippen molar-refractivity contribution < 1.29 is 4.79 Å². The molecule has 0 bridgehead atoms. The lowest BCUT2D eigenvalue weighted by atomic mass is 10.1. The van der Waals surface area contributed by atoms with Gasteiger partial charge < -0.3 is 10.6 Å². The highest BCUT2D eigenvalue weighted by Gasteiger charge is 2.17. The first kappa shape index (κ1) is 18.4. The SMILES string of the molecule is O=C(NCC1CCCN1)c1ccnc(-c2cnn3ccc(-c4ccccc4)nc23)c1. The molecule has 30 heavy (non-hydrogen) atoms. The van der Waals surface area contributed by atoms with Crippen LogP contribution in [0.5, 0.6) is 0 Å². The predicted molar refractivity (Wildman–Crippen MR) is 115 cm³/mol. The topological polar surface area (TPSA) is 84.2 Å². The van der Waals surface area contributed by atoms with E-state index in [1.54, 1.807) is 29.0 Å². The minimum absolute atomic E-state index is 0.0956. The summed E-state index contributed by atoms with van der Waals surface area (Å²) in [5.74, 6) is -0.0956. The van der Waals surface area contributed by atoms with Gasteiger partial charge in [0.25, 0.3) is 5.91 Å². The number of pyridine rings is 1. The van der Waals surface area contributed by atoms with E-state index in [-0.39, 0.29) is 5.91 Å². The van der Waals surface area contributed by atoms with Crippen molar-refractivity contribution in [2.75, 3.05) is 13.1 Å². The molecule has 150 valence electrons. The fourth-order valence-corrected chi connectivity index (χ4v) is 3.79. The molecule has 1 atom stereocenters. The van der Waals surface area contributed by atoms with Crippen LogP contribution in [-0.4, -0.2) is 44.6 Å². The first-order valence-corrected chi connectivity index (χ1v) is 10.2. The largest absolute Gasteiger partial charge is 0.350 e. The summed E-state index contributed by atoms with van der Waals surface area (Å²) in [6.07, 6.45) is 7.54. The van der Waals surface area contributed by atoms with Crippen LogP contribution in [0.25, 0.3) is 28.2 Å². The molecular weight excluding hydrogens is 376 g/mol. The van der Waals surface area contributed by atoms with Gasteiger partial charge in [0.15, 0.2) is 5.65 Å². The Labute approximate surface area is 174 Å². The lowest BCUT2D eigenvalue weighted by Gasteiger charge is -2.11. The zero-order valence-corrected chi connectivity index (χ0v) is 16.5. The van der Waals surface area contributed by atoms with Crippen molar-refractivity contribution in [2.45, 2.75) is 18.9 Å². The highest BCUT2D eigenvalue weighted by atomic mass is 16.1. The summed E-state index contributed by atoms with van der Waals surface area (Å²) in [4.78, 5) is 21.9. The Morgan fingerprint density at radius 1 is 1.17 bits per heavy atom. The minimum atomic E-state index is -0.0956. The monoisotopic (exact) mass is 398 g/mol. The maximum atomic E-state index is 12.6. The number of fused-ring (bicyclic) bond motifs is 1. The molecule has 1 amide bonds. The maximum absolute atomic E-state index is 12.6. The number of hydrogen-bond donors (Lipinski definition) is 2. The van der Waals surface area contributed by atoms with Gasteiger partial charge in [-0.1, -0.05) is 30.3 Å². The predicted octanol–water partition coefficient (Wildman–Crippen LogP) is 2.94. The van der Waals surface area contributed by atoms with Crippen molar-refractivity contribution in [2.24, 2.45) is 0 Å². The highest BCUT2D eigenvalue weighted by Crippen LogP contribution is 2.25. The smallest absolute Gasteiger partial charge is 0.251 e. The molecule has 0 saturated carbocycles. The third-order valence-electron chi connectivity index (χ3n) is 5.41. The molecule has 1 aliphatic rings. The highest BCUT2D eigenvalue weighted by molar-refractivity contribution is 5.95. The normalized spacial score (nSPS) is 16.1. The van der Waals surface area contributed by atoms with E-state index in [2.05, 4.69) is 20.7 Å². The number of benzene rings is 1. The molecule has 5 rings (SSSR count). The Morgan fingerprint density at radius 3 is 2.90 bits per heavy atom. The Kier molecular flexibility index (Phi) is 4.94. The minimum Gasteiger partial charge on any atom is -0.350 e. The van der Waals surface area contributed by atoms with Gasteiger partial charge >= 0.3 is 0 Å². The molecule has 1 saturated heterocycles. The van der Waals surface area contributed by atoms with Crippen molar-refractivity contribution in [3.05, 3.63) is 72.7 Å². The van der Waals surface area contributed by atoms with Gasteiger partial charge in [0, 0.05) is 36.1 Å². The molecule has 1 aromatic carbocycles. The third kappa shape index (κ3) is 3.67. The van der Waals surface area contributed by atoms with E-state index in [1.165, 1.54) is 0 Å². The van der Waals surface area contributed by atoms with E-state index < -0.39 is 0 Å². The molecule has 0 radical (unpaired) electrons. The molecule has 0 aliphatic carbocycles. The number of aromatic nitrogens is 4. The van der Waals surface area contributed by atoms with Crippen LogP contribution in [0, 0.1) is 0 Å². The van der Waals surface area contributed by atoms with Crippen molar-refractivity contribution in [3.8, 4) is 22.5 Å². The van der Waals surface area contributed by atoms with Crippen molar-refractivity contribution in [1.29, 1.82) is 0 Å². The summed E-state index contributed by atoms with van der Waals surface area (Å²) in [6, 6.07) is 15.8. The van der Waals surface area contributed by atoms with E-state index in [0.717, 1.165) is 36.2 Å². The van der Waals surface area contributed by atoms with E-state index in [1.807, 2.05) is 42.6 Å². The Morgan fingerprint density at radius 2 is 2.07 bits per heavy atom. The summed E-state index contributed by atoms with van der Waals surface area (Å²) in [5, 5.41) is 10.8. The lowest BCUT2D eigenvalue weighted by Crippen LogP contribution is -2.37. The van der Waals surface area contributed by atoms with Gasteiger partial charge in [-0.05, 0) is 37.6 Å². The lowest BCUT2D eigenvalue weighted by molar-refractivity contribution is 0.0950. The average molecular weight is 398 g/mol. The average Bonchev–Trinajstić information content (AvgIpc) is 3.47. The number of amides is 1. The summed E-state index contributed by atoms with van der Waals surface area (Å²) in [6.45, 7) is 1.65. The molecule has 0 spiro atoms. The zero-order chi connectivity index (χ0) is 20.3. The first-order chi connectivity index (χ1) is 14.8. The Balaban J connectivity index is 1.43. The van der Waals surface area contributed by atoms with Crippen molar-refractivity contribution in [3.63, 3.8) is 0 Å². The van der Waals surface area contributed by atoms with Crippen molar-refractivity contribution in [1.82, 2.24) is 30.2 Å². The van der Waals surface area contributed by atoms with Crippen molar-refractivity contribution >= 4 is 11.6 Å². The number of carbonyl (C=O) groups is 1. The van der Waals surface area contributed by atoms with Gasteiger partial charge in [-0.2, -0.15) is 5.10 Å². The second-order valence-corrected chi connectivity index (χ2v) is 7.44. The van der Waals surface area contributed by atoms with Crippen LogP contribution in [0.4, 0.5) is 0 Å². The fraction of sp³-hybridized carbons (Fsp3) is 0.217. The molecule has 2 N–H and O–H groups in total. The van der Waals surface area contributed by atoms with Crippen LogP contribution in [0.15, 0.2) is 67.1 Å². The molecular formula is C23H22N6O. The number of hydrogen-bond acceptors (Lipinski definition) is 5. The molecule has 4 aromatic rings. The first-order valence-electron chi connectivity index (χ1n) is 10.2. The van der Waals surface area contributed by atoms with Crippen LogP contribution < -0.4 is 10.6 Å². The molecule has 7 heteroatoms. The van der Waals surface area contributed by atoms with E-state index >= 15 is 0 Å². The second kappa shape index (κ2) is 8.04. The molecule has 1 unspecified atom stereocenters. The standard InChI is InChI=1S/C23H22N6O/c30-23(26-14-18-7-4-10-24-18)17-8-11-25-21(13-17)19-15-27-29-12-9-20(28-22(19)29)16-5-2-1-3-6-16/h1-3,5-6,8-9,11-13,15,18,24H,4,7,10,14H2,(H,26,30). The summed E-state index contributed by atoms with van der Waals surface area (Å²) < 4.78 is 1.72. The Hall–Kier alpha value is -3.58. The van der Waals surface area contributed by atoms with Gasteiger partial charge in [0.1, 0.15) is 0 Å². The number of rotatable bonds is 5. The molecule has 7 nitrogen and oxygen atoms in total. The second-order valence-electron chi connectivity index (χ2n) is 7.44. The van der Waals surface area contributed by atoms with Crippen LogP contribution in [-0.2, 0) is 0 Å². The molecule has 3 aromatic heterocycles. The number of carbonyl (C=O) groups excluding carboxylic acids is 1. The van der Waals surface area contributed by atoms with Crippen LogP contribution in [0.2, 0.25) is 0 Å². The maximum Gasteiger partial charge on any atom is 0.251 e. The van der Waals surface area contributed by atoms with E-state index in [0.29, 0.717) is 29.5 Å². The summed E-state index contributed by atoms with van der Waals surface area (Å²) >= 11 is 0. The van der Waals surface area contributed by atoms with Gasteiger partial charge in [-0.25, -0.2) is 9.50 Å². The van der Waals surface area contributed by atoms with E-state index in [9.17, 15) is 4.79 Å². The van der Waals surface area contributed by atoms with Crippen LogP contribution >= 0.6 is 0 Å². The van der Waals surface area contributed by atoms with Gasteiger partial charge in [0.05, 0.1) is 23.1 Å². The van der Waals surface area contributed by atoms with Crippen LogP contribution in [0.1, 0.15) is 23.2 Å². The third-order valence-corrected chi connectivity index (χ3v) is 5.41. The van der Waals surface area contributed by atoms with Gasteiger partial charge in [-0.15, -0.1) is 0 Å². The zero-order valence-electron chi connectivity index (χ0n) is 16.5. The Bertz CT molecular complexity index is 1180. The summed E-state index contributed by atoms with van der Waals surface area (Å²) in [7, 11) is 0. The number of nitrogens with one attached hydrogen (secondary N) is 2. The summed E-state index contributed by atoms with van der Waals surface area (Å²) in [5.41, 5.74) is 4.65. The van der Waals surface area contributed by atoms with Crippen LogP contribution in [0.3, 0.4) is 0 Å².